The number of pyridine rings is 1. The van der Waals surface area contributed by atoms with Crippen LogP contribution < -0.4 is 15.0 Å². The van der Waals surface area contributed by atoms with Gasteiger partial charge >= 0.3 is 18.1 Å². The van der Waals surface area contributed by atoms with Crippen LogP contribution in [0.2, 0.25) is 0 Å². The van der Waals surface area contributed by atoms with E-state index in [9.17, 15) is 24.3 Å². The smallest absolute Gasteiger partial charge is 0.416 e. The molecule has 3 atom stereocenters. The van der Waals surface area contributed by atoms with Crippen LogP contribution in [0, 0.1) is 12.8 Å². The normalized spacial score (nSPS) is 16.8. The first kappa shape index (κ1) is 33.0. The van der Waals surface area contributed by atoms with Gasteiger partial charge in [0.2, 0.25) is 5.91 Å². The lowest BCUT2D eigenvalue weighted by molar-refractivity contribution is -0.165. The van der Waals surface area contributed by atoms with Crippen molar-refractivity contribution in [3.8, 4) is 5.75 Å². The van der Waals surface area contributed by atoms with Gasteiger partial charge in [-0.1, -0.05) is 49.4 Å². The first-order chi connectivity index (χ1) is 21.3. The Morgan fingerprint density at radius 1 is 1.04 bits per heavy atom. The van der Waals surface area contributed by atoms with E-state index >= 15 is 0 Å². The average Bonchev–Trinajstić information content (AvgIpc) is 2.99. The second kappa shape index (κ2) is 13.8. The van der Waals surface area contributed by atoms with Crippen molar-refractivity contribution in [1.29, 1.82) is 0 Å². The second-order valence-electron chi connectivity index (χ2n) is 12.0. The number of aromatic nitrogens is 1. The minimum absolute atomic E-state index is 0.0382. The fourth-order valence-corrected chi connectivity index (χ4v) is 5.28. The fraction of sp³-hybridized carbons (Fsp3) is 0.382. The minimum atomic E-state index is -1.34. The van der Waals surface area contributed by atoms with E-state index < -0.39 is 41.6 Å². The van der Waals surface area contributed by atoms with E-state index in [0.717, 1.165) is 16.0 Å². The molecule has 11 heteroatoms. The van der Waals surface area contributed by atoms with E-state index in [2.05, 4.69) is 10.3 Å². The molecule has 0 spiro atoms. The Balaban J connectivity index is 1.57. The number of aliphatic carboxylic acids is 1. The highest BCUT2D eigenvalue weighted by atomic mass is 16.6. The molecule has 1 aromatic heterocycles. The van der Waals surface area contributed by atoms with Crippen LogP contribution >= 0.6 is 0 Å². The fourth-order valence-electron chi connectivity index (χ4n) is 5.28. The summed E-state index contributed by atoms with van der Waals surface area (Å²) < 4.78 is 10.9. The number of amides is 4. The molecule has 2 aromatic carbocycles. The van der Waals surface area contributed by atoms with E-state index in [1.54, 1.807) is 59.1 Å². The molecule has 1 aliphatic rings. The van der Waals surface area contributed by atoms with Gasteiger partial charge in [0.15, 0.2) is 6.04 Å². The summed E-state index contributed by atoms with van der Waals surface area (Å²) in [7, 11) is 1.57. The lowest BCUT2D eigenvalue weighted by Crippen LogP contribution is -2.68. The number of aryl methyl sites for hydroxylation is 1. The topological polar surface area (TPSA) is 138 Å². The van der Waals surface area contributed by atoms with Gasteiger partial charge in [-0.05, 0) is 81.5 Å². The van der Waals surface area contributed by atoms with Gasteiger partial charge in [-0.25, -0.2) is 24.3 Å². The number of nitrogens with one attached hydrogen (secondary N) is 1. The number of carboxylic acid groups (broad SMARTS) is 1. The number of β-lactam (4-membered cyclic amide) rings is 1. The lowest BCUT2D eigenvalue weighted by Gasteiger charge is -2.43. The largest absolute Gasteiger partial charge is 0.497 e. The molecule has 0 radical (unpaired) electrons. The summed E-state index contributed by atoms with van der Waals surface area (Å²) in [5.41, 5.74) is 2.05. The zero-order valence-corrected chi connectivity index (χ0v) is 26.4. The van der Waals surface area contributed by atoms with Gasteiger partial charge in [0.1, 0.15) is 17.2 Å². The number of likely N-dealkylation sites (tertiary alicyclic amines) is 1. The maximum Gasteiger partial charge on any atom is 0.416 e. The first-order valence-electron chi connectivity index (χ1n) is 14.8. The Morgan fingerprint density at radius 3 is 2.29 bits per heavy atom. The lowest BCUT2D eigenvalue weighted by atomic mass is 9.82. The number of urea groups is 1. The monoisotopic (exact) mass is 616 g/mol. The molecular weight excluding hydrogens is 576 g/mol. The SMILES string of the molecule is CC[C@@H](NC(=O)N1C(=O)[C@H](Cc2cc(C)nc(N(Cc3ccc(OC)cc3)C(=O)OC(C)(C)C)c2)[C@H]1C(=O)O)c1ccccc1. The van der Waals surface area contributed by atoms with Crippen LogP contribution in [-0.2, 0) is 27.3 Å². The summed E-state index contributed by atoms with van der Waals surface area (Å²) in [5, 5.41) is 12.8. The molecule has 0 unspecified atom stereocenters. The summed E-state index contributed by atoms with van der Waals surface area (Å²) in [6.07, 6.45) is -0.0172. The molecule has 1 fully saturated rings. The summed E-state index contributed by atoms with van der Waals surface area (Å²) >= 11 is 0. The maximum absolute atomic E-state index is 13.4. The Kier molecular flexibility index (Phi) is 10.1. The van der Waals surface area contributed by atoms with Gasteiger partial charge in [0.25, 0.3) is 0 Å². The molecule has 4 rings (SSSR count). The number of rotatable bonds is 10. The van der Waals surface area contributed by atoms with E-state index in [1.165, 1.54) is 4.90 Å². The predicted molar refractivity (Wildman–Crippen MR) is 168 cm³/mol. The van der Waals surface area contributed by atoms with Crippen molar-refractivity contribution < 1.29 is 33.8 Å². The van der Waals surface area contributed by atoms with Crippen LogP contribution in [0.4, 0.5) is 15.4 Å². The van der Waals surface area contributed by atoms with Crippen LogP contribution in [0.5, 0.6) is 5.75 Å². The van der Waals surface area contributed by atoms with Crippen molar-refractivity contribution in [2.45, 2.75) is 71.7 Å². The summed E-state index contributed by atoms with van der Waals surface area (Å²) in [5.74, 6) is -1.87. The number of ether oxygens (including phenoxy) is 2. The summed E-state index contributed by atoms with van der Waals surface area (Å²) in [4.78, 5) is 58.9. The Labute approximate surface area is 263 Å². The van der Waals surface area contributed by atoms with Crippen molar-refractivity contribution in [3.05, 3.63) is 89.1 Å². The number of carboxylic acids is 1. The molecular formula is C34H40N4O7. The highest BCUT2D eigenvalue weighted by Gasteiger charge is 2.55. The van der Waals surface area contributed by atoms with Gasteiger partial charge in [0.05, 0.1) is 25.6 Å². The Hall–Kier alpha value is -4.93. The van der Waals surface area contributed by atoms with E-state index in [4.69, 9.17) is 9.47 Å². The van der Waals surface area contributed by atoms with Gasteiger partial charge in [0, 0.05) is 5.69 Å². The number of nitrogens with zero attached hydrogens (tertiary/aromatic N) is 3. The van der Waals surface area contributed by atoms with E-state index in [-0.39, 0.29) is 24.8 Å². The molecule has 0 aliphatic carbocycles. The molecule has 2 N–H and O–H groups in total. The molecule has 238 valence electrons. The number of hydrogen-bond donors (Lipinski definition) is 2. The zero-order chi connectivity index (χ0) is 32.9. The summed E-state index contributed by atoms with van der Waals surface area (Å²) in [6.45, 7) is 9.09. The molecule has 1 aliphatic heterocycles. The number of methoxy groups -OCH3 is 1. The van der Waals surface area contributed by atoms with Crippen LogP contribution in [-0.4, -0.2) is 57.7 Å². The molecule has 0 bridgehead atoms. The van der Waals surface area contributed by atoms with Crippen LogP contribution in [0.3, 0.4) is 0 Å². The zero-order valence-electron chi connectivity index (χ0n) is 26.4. The van der Waals surface area contributed by atoms with Crippen LogP contribution in [0.25, 0.3) is 0 Å². The Bertz CT molecular complexity index is 1540. The molecule has 1 saturated heterocycles. The molecule has 2 heterocycles. The third-order valence-electron chi connectivity index (χ3n) is 7.44. The number of benzene rings is 2. The number of carbonyl (C=O) groups is 4. The highest BCUT2D eigenvalue weighted by Crippen LogP contribution is 2.33. The van der Waals surface area contributed by atoms with E-state index in [0.29, 0.717) is 23.4 Å². The van der Waals surface area contributed by atoms with Crippen molar-refractivity contribution in [2.24, 2.45) is 5.92 Å². The number of carbonyl (C=O) groups excluding carboxylic acids is 3. The van der Waals surface area contributed by atoms with E-state index in [1.807, 2.05) is 49.4 Å². The first-order valence-corrected chi connectivity index (χ1v) is 14.8. The third kappa shape index (κ3) is 7.97. The predicted octanol–water partition coefficient (Wildman–Crippen LogP) is 5.66. The van der Waals surface area contributed by atoms with Crippen molar-refractivity contribution in [1.82, 2.24) is 15.2 Å². The quantitative estimate of drug-likeness (QED) is 0.279. The van der Waals surface area contributed by atoms with Crippen LogP contribution in [0.1, 0.15) is 62.5 Å². The minimum Gasteiger partial charge on any atom is -0.497 e. The van der Waals surface area contributed by atoms with Crippen molar-refractivity contribution in [3.63, 3.8) is 0 Å². The number of imide groups is 1. The third-order valence-corrected chi connectivity index (χ3v) is 7.44. The maximum atomic E-state index is 13.4. The molecule has 45 heavy (non-hydrogen) atoms. The molecule has 3 aromatic rings. The number of anilines is 1. The second-order valence-corrected chi connectivity index (χ2v) is 12.0. The van der Waals surface area contributed by atoms with Gasteiger partial charge in [-0.15, -0.1) is 0 Å². The van der Waals surface area contributed by atoms with Crippen molar-refractivity contribution in [2.75, 3.05) is 12.0 Å². The standard InChI is InChI=1S/C34H40N4O7/c1-7-27(24-11-9-8-10-12-24)36-32(42)38-29(31(40)41)26(30(38)39)18-23-17-21(2)35-28(19-23)37(33(43)45-34(3,4)5)20-22-13-15-25(44-6)16-14-22/h8-17,19,26-27,29H,7,18,20H2,1-6H3,(H,36,42)(H,40,41)/t26-,27-,29+/m1/s1. The molecule has 4 amide bonds. The van der Waals surface area contributed by atoms with Gasteiger partial charge in [-0.3, -0.25) is 9.69 Å². The van der Waals surface area contributed by atoms with Crippen LogP contribution in [0.15, 0.2) is 66.7 Å². The molecule has 11 nitrogen and oxygen atoms in total. The van der Waals surface area contributed by atoms with Gasteiger partial charge < -0.3 is 19.9 Å². The van der Waals surface area contributed by atoms with Crippen molar-refractivity contribution >= 4 is 29.8 Å². The van der Waals surface area contributed by atoms with Gasteiger partial charge in [-0.2, -0.15) is 0 Å². The summed E-state index contributed by atoms with van der Waals surface area (Å²) in [6, 6.07) is 17.4. The Morgan fingerprint density at radius 2 is 1.71 bits per heavy atom. The molecule has 0 saturated carbocycles. The highest BCUT2D eigenvalue weighted by molar-refractivity contribution is 6.07. The average molecular weight is 617 g/mol. The number of hydrogen-bond acceptors (Lipinski definition) is 7.